The summed E-state index contributed by atoms with van der Waals surface area (Å²) < 4.78 is 0. The Morgan fingerprint density at radius 1 is 1.41 bits per heavy atom. The van der Waals surface area contributed by atoms with Crippen molar-refractivity contribution in [2.45, 2.75) is 46.2 Å². The molecular weight excluding hydrogens is 214 g/mol. The van der Waals surface area contributed by atoms with Crippen LogP contribution < -0.4 is 10.6 Å². The van der Waals surface area contributed by atoms with E-state index in [-0.39, 0.29) is 11.9 Å². The number of hydrogen-bond acceptors (Lipinski definition) is 3. The fourth-order valence-corrected chi connectivity index (χ4v) is 1.38. The van der Waals surface area contributed by atoms with Gasteiger partial charge in [0.1, 0.15) is 5.69 Å². The molecule has 0 fully saturated rings. The summed E-state index contributed by atoms with van der Waals surface area (Å²) in [7, 11) is 0. The van der Waals surface area contributed by atoms with Crippen molar-refractivity contribution in [1.29, 1.82) is 0 Å². The SMILES string of the molecule is CCC(C)NC(=O)c1cc(NC(C)C)ccn1. The molecular formula is C13H21N3O. The quantitative estimate of drug-likeness (QED) is 0.824. The van der Waals surface area contributed by atoms with E-state index in [1.165, 1.54) is 0 Å². The van der Waals surface area contributed by atoms with Gasteiger partial charge in [-0.05, 0) is 39.3 Å². The smallest absolute Gasteiger partial charge is 0.270 e. The third-order valence-electron chi connectivity index (χ3n) is 2.44. The first-order chi connectivity index (χ1) is 8.02. The maximum atomic E-state index is 11.9. The van der Waals surface area contributed by atoms with E-state index in [0.29, 0.717) is 11.7 Å². The van der Waals surface area contributed by atoms with Crippen molar-refractivity contribution in [2.24, 2.45) is 0 Å². The lowest BCUT2D eigenvalue weighted by atomic mass is 10.2. The number of carbonyl (C=O) groups excluding carboxylic acids is 1. The predicted molar refractivity (Wildman–Crippen MR) is 70.2 cm³/mol. The van der Waals surface area contributed by atoms with Crippen molar-refractivity contribution in [3.8, 4) is 0 Å². The van der Waals surface area contributed by atoms with Crippen LogP contribution in [0.2, 0.25) is 0 Å². The van der Waals surface area contributed by atoms with Crippen molar-refractivity contribution >= 4 is 11.6 Å². The molecule has 1 atom stereocenters. The van der Waals surface area contributed by atoms with Gasteiger partial charge in [0, 0.05) is 24.0 Å². The Kier molecular flexibility index (Phi) is 4.94. The average molecular weight is 235 g/mol. The lowest BCUT2D eigenvalue weighted by Gasteiger charge is -2.13. The molecule has 1 heterocycles. The zero-order valence-corrected chi connectivity index (χ0v) is 10.9. The number of rotatable bonds is 5. The van der Waals surface area contributed by atoms with Crippen molar-refractivity contribution in [3.05, 3.63) is 24.0 Å². The number of pyridine rings is 1. The summed E-state index contributed by atoms with van der Waals surface area (Å²) >= 11 is 0. The Morgan fingerprint density at radius 2 is 2.12 bits per heavy atom. The second kappa shape index (κ2) is 6.23. The lowest BCUT2D eigenvalue weighted by Crippen LogP contribution is -2.32. The fourth-order valence-electron chi connectivity index (χ4n) is 1.38. The van der Waals surface area contributed by atoms with Crippen LogP contribution in [0.25, 0.3) is 0 Å². The summed E-state index contributed by atoms with van der Waals surface area (Å²) in [6.07, 6.45) is 2.56. The Labute approximate surface area is 103 Å². The van der Waals surface area contributed by atoms with Crippen LogP contribution in [0.3, 0.4) is 0 Å². The largest absolute Gasteiger partial charge is 0.383 e. The monoisotopic (exact) mass is 235 g/mol. The molecule has 0 spiro atoms. The molecule has 0 aliphatic rings. The molecule has 0 radical (unpaired) electrons. The van der Waals surface area contributed by atoms with Gasteiger partial charge in [-0.25, -0.2) is 0 Å². The molecule has 1 unspecified atom stereocenters. The average Bonchev–Trinajstić information content (AvgIpc) is 2.28. The molecule has 94 valence electrons. The van der Waals surface area contributed by atoms with Gasteiger partial charge in [0.25, 0.3) is 5.91 Å². The zero-order valence-electron chi connectivity index (χ0n) is 10.9. The highest BCUT2D eigenvalue weighted by Crippen LogP contribution is 2.09. The van der Waals surface area contributed by atoms with Crippen molar-refractivity contribution in [3.63, 3.8) is 0 Å². The van der Waals surface area contributed by atoms with Crippen LogP contribution in [0.4, 0.5) is 5.69 Å². The number of carbonyl (C=O) groups is 1. The summed E-state index contributed by atoms with van der Waals surface area (Å²) in [5, 5.41) is 6.14. The van der Waals surface area contributed by atoms with Gasteiger partial charge in [-0.1, -0.05) is 6.92 Å². The maximum absolute atomic E-state index is 11.9. The highest BCUT2D eigenvalue weighted by molar-refractivity contribution is 5.93. The van der Waals surface area contributed by atoms with Gasteiger partial charge in [-0.2, -0.15) is 0 Å². The van der Waals surface area contributed by atoms with Crippen LogP contribution in [0.1, 0.15) is 44.6 Å². The molecule has 1 amide bonds. The van der Waals surface area contributed by atoms with Gasteiger partial charge >= 0.3 is 0 Å². The summed E-state index contributed by atoms with van der Waals surface area (Å²) in [5.74, 6) is -0.119. The Hall–Kier alpha value is -1.58. The molecule has 1 aromatic heterocycles. The number of nitrogens with zero attached hydrogens (tertiary/aromatic N) is 1. The molecule has 0 bridgehead atoms. The number of nitrogens with one attached hydrogen (secondary N) is 2. The second-order valence-corrected chi connectivity index (χ2v) is 4.51. The van der Waals surface area contributed by atoms with Crippen molar-refractivity contribution < 1.29 is 4.79 Å². The minimum absolute atomic E-state index is 0.119. The first kappa shape index (κ1) is 13.5. The van der Waals surface area contributed by atoms with E-state index in [1.807, 2.05) is 19.9 Å². The molecule has 4 nitrogen and oxygen atoms in total. The fraction of sp³-hybridized carbons (Fsp3) is 0.538. The Bertz CT molecular complexity index is 377. The number of anilines is 1. The van der Waals surface area contributed by atoms with E-state index in [0.717, 1.165) is 12.1 Å². The molecule has 0 aromatic carbocycles. The van der Waals surface area contributed by atoms with Crippen molar-refractivity contribution in [2.75, 3.05) is 5.32 Å². The summed E-state index contributed by atoms with van der Waals surface area (Å²) in [5.41, 5.74) is 1.38. The highest BCUT2D eigenvalue weighted by Gasteiger charge is 2.10. The Balaban J connectivity index is 2.73. The topological polar surface area (TPSA) is 54.0 Å². The molecule has 0 aliphatic carbocycles. The minimum Gasteiger partial charge on any atom is -0.383 e. The van der Waals surface area contributed by atoms with Gasteiger partial charge in [0.15, 0.2) is 0 Å². The highest BCUT2D eigenvalue weighted by atomic mass is 16.1. The van der Waals surface area contributed by atoms with Crippen LogP contribution >= 0.6 is 0 Å². The standard InChI is InChI=1S/C13H21N3O/c1-5-10(4)16-13(17)12-8-11(6-7-14-12)15-9(2)3/h6-10H,5H2,1-4H3,(H,14,15)(H,16,17). The van der Waals surface area contributed by atoms with Crippen LogP contribution in [0, 0.1) is 0 Å². The number of amides is 1. The van der Waals surface area contributed by atoms with Gasteiger partial charge in [-0.15, -0.1) is 0 Å². The van der Waals surface area contributed by atoms with Gasteiger partial charge < -0.3 is 10.6 Å². The summed E-state index contributed by atoms with van der Waals surface area (Å²) in [6.45, 7) is 8.13. The van der Waals surface area contributed by atoms with E-state index in [1.54, 1.807) is 12.3 Å². The number of hydrogen-bond donors (Lipinski definition) is 2. The van der Waals surface area contributed by atoms with Crippen molar-refractivity contribution in [1.82, 2.24) is 10.3 Å². The Morgan fingerprint density at radius 3 is 2.71 bits per heavy atom. The predicted octanol–water partition coefficient (Wildman–Crippen LogP) is 2.43. The molecule has 0 aliphatic heterocycles. The summed E-state index contributed by atoms with van der Waals surface area (Å²) in [4.78, 5) is 15.9. The van der Waals surface area contributed by atoms with Crippen LogP contribution in [0.5, 0.6) is 0 Å². The lowest BCUT2D eigenvalue weighted by molar-refractivity contribution is 0.0934. The van der Waals surface area contributed by atoms with Gasteiger partial charge in [0.2, 0.25) is 0 Å². The first-order valence-electron chi connectivity index (χ1n) is 6.06. The van der Waals surface area contributed by atoms with Gasteiger partial charge in [0.05, 0.1) is 0 Å². The van der Waals surface area contributed by atoms with Gasteiger partial charge in [-0.3, -0.25) is 9.78 Å². The van der Waals surface area contributed by atoms with E-state index < -0.39 is 0 Å². The third-order valence-corrected chi connectivity index (χ3v) is 2.44. The summed E-state index contributed by atoms with van der Waals surface area (Å²) in [6, 6.07) is 4.14. The molecule has 1 aromatic rings. The molecule has 1 rings (SSSR count). The normalized spacial score (nSPS) is 12.3. The van der Waals surface area contributed by atoms with Crippen LogP contribution in [-0.4, -0.2) is 23.0 Å². The van der Waals surface area contributed by atoms with Crippen LogP contribution in [0.15, 0.2) is 18.3 Å². The molecule has 4 heteroatoms. The zero-order chi connectivity index (χ0) is 12.8. The molecule has 2 N–H and O–H groups in total. The number of aromatic nitrogens is 1. The van der Waals surface area contributed by atoms with E-state index in [9.17, 15) is 4.79 Å². The minimum atomic E-state index is -0.119. The molecule has 0 saturated carbocycles. The third kappa shape index (κ3) is 4.43. The van der Waals surface area contributed by atoms with Crippen LogP contribution in [-0.2, 0) is 0 Å². The first-order valence-corrected chi connectivity index (χ1v) is 6.06. The molecule has 0 saturated heterocycles. The van der Waals surface area contributed by atoms with E-state index in [2.05, 4.69) is 29.5 Å². The van der Waals surface area contributed by atoms with E-state index in [4.69, 9.17) is 0 Å². The van der Waals surface area contributed by atoms with E-state index >= 15 is 0 Å². The second-order valence-electron chi connectivity index (χ2n) is 4.51. The molecule has 17 heavy (non-hydrogen) atoms. The maximum Gasteiger partial charge on any atom is 0.270 e.